The summed E-state index contributed by atoms with van der Waals surface area (Å²) in [4.78, 5) is 9.14. The lowest BCUT2D eigenvalue weighted by atomic mass is 9.95. The molecule has 1 aromatic heterocycles. The molecule has 134 valence electrons. The molecule has 0 atom stereocenters. The summed E-state index contributed by atoms with van der Waals surface area (Å²) >= 11 is 0. The highest BCUT2D eigenvalue weighted by Gasteiger charge is 2.14. The topological polar surface area (TPSA) is 59.1 Å². The highest BCUT2D eigenvalue weighted by molar-refractivity contribution is 5.43. The maximum atomic E-state index is 5.19. The van der Waals surface area contributed by atoms with Crippen LogP contribution in [-0.4, -0.2) is 29.7 Å². The summed E-state index contributed by atoms with van der Waals surface area (Å²) in [6.07, 6.45) is 7.39. The third kappa shape index (κ3) is 5.34. The van der Waals surface area contributed by atoms with Gasteiger partial charge in [0.15, 0.2) is 0 Å². The van der Waals surface area contributed by atoms with Crippen LogP contribution in [0.15, 0.2) is 30.3 Å². The standard InChI is InChI=1S/C20H28N4O/c1-15-14-19(23-17-6-4-3-5-7-17)24-20(22-15)21-13-12-16-8-10-18(25-2)11-9-16/h8-11,14,17H,3-7,12-13H2,1-2H3,(H2,21,22,23,24). The van der Waals surface area contributed by atoms with Crippen molar-refractivity contribution in [2.75, 3.05) is 24.3 Å². The lowest BCUT2D eigenvalue weighted by Gasteiger charge is -2.23. The highest BCUT2D eigenvalue weighted by atomic mass is 16.5. The number of hydrogen-bond acceptors (Lipinski definition) is 5. The van der Waals surface area contributed by atoms with E-state index >= 15 is 0 Å². The highest BCUT2D eigenvalue weighted by Crippen LogP contribution is 2.21. The first-order chi connectivity index (χ1) is 12.2. The maximum Gasteiger partial charge on any atom is 0.224 e. The molecule has 0 spiro atoms. The van der Waals surface area contributed by atoms with Crippen LogP contribution in [0.25, 0.3) is 0 Å². The summed E-state index contributed by atoms with van der Waals surface area (Å²) < 4.78 is 5.19. The Kier molecular flexibility index (Phi) is 6.09. The van der Waals surface area contributed by atoms with E-state index in [9.17, 15) is 0 Å². The average molecular weight is 340 g/mol. The summed E-state index contributed by atoms with van der Waals surface area (Å²) in [6, 6.07) is 10.7. The second-order valence-corrected chi connectivity index (χ2v) is 6.72. The van der Waals surface area contributed by atoms with Crippen LogP contribution in [-0.2, 0) is 6.42 Å². The van der Waals surface area contributed by atoms with E-state index in [0.717, 1.165) is 30.2 Å². The Bertz CT molecular complexity index is 666. The molecule has 2 aromatic rings. The number of nitrogens with zero attached hydrogens (tertiary/aromatic N) is 2. The first-order valence-corrected chi connectivity index (χ1v) is 9.22. The van der Waals surface area contributed by atoms with E-state index in [1.54, 1.807) is 7.11 Å². The molecular formula is C20H28N4O. The summed E-state index contributed by atoms with van der Waals surface area (Å²) in [5.74, 6) is 2.52. The fraction of sp³-hybridized carbons (Fsp3) is 0.500. The SMILES string of the molecule is COc1ccc(CCNc2nc(C)cc(NC3CCCCC3)n2)cc1. The van der Waals surface area contributed by atoms with E-state index in [4.69, 9.17) is 4.74 Å². The van der Waals surface area contributed by atoms with E-state index < -0.39 is 0 Å². The van der Waals surface area contributed by atoms with E-state index in [2.05, 4.69) is 32.7 Å². The predicted octanol–water partition coefficient (Wildman–Crippen LogP) is 4.19. The first-order valence-electron chi connectivity index (χ1n) is 9.22. The van der Waals surface area contributed by atoms with Crippen LogP contribution in [0.1, 0.15) is 43.4 Å². The molecule has 25 heavy (non-hydrogen) atoms. The Hall–Kier alpha value is -2.30. The largest absolute Gasteiger partial charge is 0.497 e. The van der Waals surface area contributed by atoms with Crippen LogP contribution < -0.4 is 15.4 Å². The molecule has 1 saturated carbocycles. The van der Waals surface area contributed by atoms with Crippen molar-refractivity contribution < 1.29 is 4.74 Å². The van der Waals surface area contributed by atoms with E-state index in [-0.39, 0.29) is 0 Å². The molecule has 0 unspecified atom stereocenters. The van der Waals surface area contributed by atoms with Gasteiger partial charge in [-0.25, -0.2) is 4.98 Å². The van der Waals surface area contributed by atoms with Crippen molar-refractivity contribution in [3.63, 3.8) is 0 Å². The van der Waals surface area contributed by atoms with Gasteiger partial charge in [0.2, 0.25) is 5.95 Å². The number of nitrogens with one attached hydrogen (secondary N) is 2. The minimum atomic E-state index is 0.551. The first kappa shape index (κ1) is 17.5. The smallest absolute Gasteiger partial charge is 0.224 e. The molecule has 1 heterocycles. The number of anilines is 2. The predicted molar refractivity (Wildman–Crippen MR) is 102 cm³/mol. The van der Waals surface area contributed by atoms with Crippen molar-refractivity contribution in [2.24, 2.45) is 0 Å². The molecule has 2 N–H and O–H groups in total. The van der Waals surface area contributed by atoms with Crippen LogP contribution in [0, 0.1) is 6.92 Å². The van der Waals surface area contributed by atoms with Crippen molar-refractivity contribution in [1.29, 1.82) is 0 Å². The third-order valence-corrected chi connectivity index (χ3v) is 4.67. The van der Waals surface area contributed by atoms with Gasteiger partial charge in [-0.1, -0.05) is 31.4 Å². The molecule has 0 aliphatic heterocycles. The van der Waals surface area contributed by atoms with Gasteiger partial charge in [0.1, 0.15) is 11.6 Å². The Morgan fingerprint density at radius 1 is 1.08 bits per heavy atom. The van der Waals surface area contributed by atoms with Gasteiger partial charge in [0, 0.05) is 24.3 Å². The average Bonchev–Trinajstić information content (AvgIpc) is 2.63. The van der Waals surface area contributed by atoms with Crippen LogP contribution in [0.2, 0.25) is 0 Å². The number of ether oxygens (including phenoxy) is 1. The van der Waals surface area contributed by atoms with E-state index in [1.807, 2.05) is 25.1 Å². The zero-order valence-electron chi connectivity index (χ0n) is 15.2. The van der Waals surface area contributed by atoms with Gasteiger partial charge in [-0.3, -0.25) is 0 Å². The quantitative estimate of drug-likeness (QED) is 0.791. The number of aryl methyl sites for hydroxylation is 1. The second kappa shape index (κ2) is 8.70. The zero-order chi connectivity index (χ0) is 17.5. The van der Waals surface area contributed by atoms with Gasteiger partial charge < -0.3 is 15.4 Å². The van der Waals surface area contributed by atoms with Crippen LogP contribution in [0.3, 0.4) is 0 Å². The maximum absolute atomic E-state index is 5.19. The van der Waals surface area contributed by atoms with Gasteiger partial charge in [-0.15, -0.1) is 0 Å². The van der Waals surface area contributed by atoms with Crippen LogP contribution in [0.5, 0.6) is 5.75 Å². The van der Waals surface area contributed by atoms with Crippen molar-refractivity contribution in [3.05, 3.63) is 41.6 Å². The monoisotopic (exact) mass is 340 g/mol. The molecule has 0 radical (unpaired) electrons. The summed E-state index contributed by atoms with van der Waals surface area (Å²) in [7, 11) is 1.69. The molecule has 0 bridgehead atoms. The molecule has 1 aliphatic carbocycles. The fourth-order valence-corrected chi connectivity index (χ4v) is 3.29. The molecule has 5 nitrogen and oxygen atoms in total. The van der Waals surface area contributed by atoms with Crippen LogP contribution >= 0.6 is 0 Å². The number of benzene rings is 1. The fourth-order valence-electron chi connectivity index (χ4n) is 3.29. The van der Waals surface area contributed by atoms with Gasteiger partial charge >= 0.3 is 0 Å². The molecule has 3 rings (SSSR count). The Balaban J connectivity index is 1.54. The summed E-state index contributed by atoms with van der Waals surface area (Å²) in [5, 5.41) is 6.92. The van der Waals surface area contributed by atoms with Gasteiger partial charge in [-0.2, -0.15) is 4.98 Å². The summed E-state index contributed by atoms with van der Waals surface area (Å²) in [6.45, 7) is 2.82. The van der Waals surface area contributed by atoms with Gasteiger partial charge in [0.25, 0.3) is 0 Å². The molecule has 0 amide bonds. The molecule has 1 aromatic carbocycles. The Morgan fingerprint density at radius 3 is 2.56 bits per heavy atom. The Morgan fingerprint density at radius 2 is 1.84 bits per heavy atom. The molecule has 5 heteroatoms. The normalized spacial score (nSPS) is 15.0. The minimum Gasteiger partial charge on any atom is -0.497 e. The third-order valence-electron chi connectivity index (χ3n) is 4.67. The second-order valence-electron chi connectivity index (χ2n) is 6.72. The van der Waals surface area contributed by atoms with Crippen LogP contribution in [0.4, 0.5) is 11.8 Å². The zero-order valence-corrected chi connectivity index (χ0v) is 15.2. The molecule has 1 fully saturated rings. The van der Waals surface area contributed by atoms with Crippen molar-refractivity contribution in [1.82, 2.24) is 9.97 Å². The van der Waals surface area contributed by atoms with Gasteiger partial charge in [0.05, 0.1) is 7.11 Å². The van der Waals surface area contributed by atoms with Gasteiger partial charge in [-0.05, 0) is 43.9 Å². The lowest BCUT2D eigenvalue weighted by Crippen LogP contribution is -2.23. The van der Waals surface area contributed by atoms with Crippen molar-refractivity contribution in [3.8, 4) is 5.75 Å². The van der Waals surface area contributed by atoms with Crippen molar-refractivity contribution in [2.45, 2.75) is 51.5 Å². The number of aromatic nitrogens is 2. The molecular weight excluding hydrogens is 312 g/mol. The van der Waals surface area contributed by atoms with E-state index in [1.165, 1.54) is 37.7 Å². The lowest BCUT2D eigenvalue weighted by molar-refractivity contribution is 0.414. The Labute approximate surface area is 150 Å². The number of hydrogen-bond donors (Lipinski definition) is 2. The molecule has 1 aliphatic rings. The number of rotatable bonds is 7. The van der Waals surface area contributed by atoms with E-state index in [0.29, 0.717) is 12.0 Å². The summed E-state index contributed by atoms with van der Waals surface area (Å²) in [5.41, 5.74) is 2.25. The van der Waals surface area contributed by atoms with Crippen molar-refractivity contribution >= 4 is 11.8 Å². The minimum absolute atomic E-state index is 0.551. The molecule has 0 saturated heterocycles. The number of methoxy groups -OCH3 is 1.